The van der Waals surface area contributed by atoms with Gasteiger partial charge in [0, 0.05) is 12.1 Å². The van der Waals surface area contributed by atoms with Crippen molar-refractivity contribution < 1.29 is 17.6 Å². The van der Waals surface area contributed by atoms with Gasteiger partial charge in [-0.05, 0) is 39.8 Å². The molecule has 0 amide bonds. The van der Waals surface area contributed by atoms with Crippen LogP contribution < -0.4 is 10.6 Å². The molecule has 2 nitrogen and oxygen atoms in total. The molecule has 0 heterocycles. The molecule has 2 N–H and O–H groups in total. The fourth-order valence-corrected chi connectivity index (χ4v) is 3.04. The molecule has 1 rings (SSSR count). The Morgan fingerprint density at radius 3 is 1.43 bits per heavy atom. The van der Waals surface area contributed by atoms with Crippen LogP contribution >= 0.6 is 0 Å². The molecule has 2 unspecified atom stereocenters. The molecule has 0 fully saturated rings. The number of hydrogen-bond donors (Lipinski definition) is 2. The maximum atomic E-state index is 14.3. The van der Waals surface area contributed by atoms with Crippen LogP contribution in [0.4, 0.5) is 17.6 Å². The van der Waals surface area contributed by atoms with Crippen LogP contribution in [-0.4, -0.2) is 25.2 Å². The molecule has 0 radical (unpaired) electrons. The normalized spacial score (nSPS) is 21.1. The summed E-state index contributed by atoms with van der Waals surface area (Å²) in [5, 5.41) is 6.06. The number of rotatable bonds is 8. The Bertz CT molecular complexity index is 391. The van der Waals surface area contributed by atoms with Gasteiger partial charge in [0.15, 0.2) is 23.3 Å². The molecule has 6 heteroatoms. The van der Waals surface area contributed by atoms with E-state index >= 15 is 0 Å². The standard InChI is InChI=1S/C15H24F4N2/c1-5-20-9(3)7-15(8-10(4)21-6-2)13(18)11(16)12(17)14(15)19/h9-10,20-21H,5-8H2,1-4H3. The summed E-state index contributed by atoms with van der Waals surface area (Å²) < 4.78 is 55.6. The first kappa shape index (κ1) is 18.2. The van der Waals surface area contributed by atoms with Crippen LogP contribution in [-0.2, 0) is 0 Å². The first-order valence-electron chi connectivity index (χ1n) is 7.38. The van der Waals surface area contributed by atoms with E-state index in [2.05, 4.69) is 10.6 Å². The second-order valence-corrected chi connectivity index (χ2v) is 5.66. The lowest BCUT2D eigenvalue weighted by Gasteiger charge is -2.33. The van der Waals surface area contributed by atoms with Crippen molar-refractivity contribution in [1.82, 2.24) is 10.6 Å². The van der Waals surface area contributed by atoms with Gasteiger partial charge in [0.1, 0.15) is 0 Å². The molecule has 2 atom stereocenters. The van der Waals surface area contributed by atoms with Crippen LogP contribution in [0.1, 0.15) is 40.5 Å². The molecule has 0 aromatic carbocycles. The smallest absolute Gasteiger partial charge is 0.193 e. The lowest BCUT2D eigenvalue weighted by molar-refractivity contribution is 0.205. The highest BCUT2D eigenvalue weighted by Gasteiger charge is 2.51. The van der Waals surface area contributed by atoms with E-state index in [1.807, 2.05) is 13.8 Å². The molecule has 0 saturated heterocycles. The van der Waals surface area contributed by atoms with E-state index in [0.29, 0.717) is 13.1 Å². The average molecular weight is 308 g/mol. The molecule has 1 aliphatic rings. The van der Waals surface area contributed by atoms with Gasteiger partial charge < -0.3 is 10.6 Å². The van der Waals surface area contributed by atoms with Crippen LogP contribution in [0.5, 0.6) is 0 Å². The third kappa shape index (κ3) is 3.66. The molecule has 0 saturated carbocycles. The number of allylic oxidation sites excluding steroid dienone is 4. The summed E-state index contributed by atoms with van der Waals surface area (Å²) in [4.78, 5) is 0. The Morgan fingerprint density at radius 2 is 1.14 bits per heavy atom. The molecular formula is C15H24F4N2. The van der Waals surface area contributed by atoms with Crippen molar-refractivity contribution in [2.75, 3.05) is 13.1 Å². The second kappa shape index (κ2) is 7.40. The Hall–Kier alpha value is -0.880. The third-order valence-electron chi connectivity index (χ3n) is 3.83. The predicted octanol–water partition coefficient (Wildman–Crippen LogP) is 4.06. The van der Waals surface area contributed by atoms with Crippen LogP contribution in [0.15, 0.2) is 23.3 Å². The van der Waals surface area contributed by atoms with Crippen LogP contribution in [0, 0.1) is 5.41 Å². The Morgan fingerprint density at radius 1 is 0.810 bits per heavy atom. The van der Waals surface area contributed by atoms with Gasteiger partial charge in [-0.15, -0.1) is 0 Å². The van der Waals surface area contributed by atoms with Gasteiger partial charge in [-0.3, -0.25) is 0 Å². The fraction of sp³-hybridized carbons (Fsp3) is 0.733. The minimum absolute atomic E-state index is 0.0327. The summed E-state index contributed by atoms with van der Waals surface area (Å²) in [5.74, 6) is -6.04. The van der Waals surface area contributed by atoms with E-state index in [4.69, 9.17) is 0 Å². The van der Waals surface area contributed by atoms with Crippen molar-refractivity contribution in [1.29, 1.82) is 0 Å². The van der Waals surface area contributed by atoms with E-state index in [0.717, 1.165) is 0 Å². The Labute approximate surface area is 123 Å². The van der Waals surface area contributed by atoms with E-state index in [1.54, 1.807) is 13.8 Å². The summed E-state index contributed by atoms with van der Waals surface area (Å²) in [7, 11) is 0. The number of nitrogens with one attached hydrogen (secondary N) is 2. The van der Waals surface area contributed by atoms with E-state index in [1.165, 1.54) is 0 Å². The zero-order chi connectivity index (χ0) is 16.2. The summed E-state index contributed by atoms with van der Waals surface area (Å²) in [6.07, 6.45) is -0.0653. The Balaban J connectivity index is 3.12. The molecule has 0 aliphatic heterocycles. The van der Waals surface area contributed by atoms with Gasteiger partial charge in [0.05, 0.1) is 5.41 Å². The Kier molecular flexibility index (Phi) is 6.41. The predicted molar refractivity (Wildman–Crippen MR) is 76.4 cm³/mol. The fourth-order valence-electron chi connectivity index (χ4n) is 3.04. The highest BCUT2D eigenvalue weighted by atomic mass is 19.2. The topological polar surface area (TPSA) is 24.1 Å². The number of hydrogen-bond acceptors (Lipinski definition) is 2. The van der Waals surface area contributed by atoms with E-state index in [-0.39, 0.29) is 24.9 Å². The maximum Gasteiger partial charge on any atom is 0.193 e. The minimum Gasteiger partial charge on any atom is -0.314 e. The molecule has 0 aromatic rings. The van der Waals surface area contributed by atoms with Crippen molar-refractivity contribution in [2.45, 2.75) is 52.6 Å². The molecule has 1 aliphatic carbocycles. The molecule has 0 bridgehead atoms. The zero-order valence-electron chi connectivity index (χ0n) is 13.0. The van der Waals surface area contributed by atoms with Gasteiger partial charge in [-0.1, -0.05) is 13.8 Å². The quantitative estimate of drug-likeness (QED) is 0.661. The third-order valence-corrected chi connectivity index (χ3v) is 3.83. The molecule has 0 spiro atoms. The lowest BCUT2D eigenvalue weighted by atomic mass is 9.76. The lowest BCUT2D eigenvalue weighted by Crippen LogP contribution is -2.39. The van der Waals surface area contributed by atoms with Gasteiger partial charge in [-0.2, -0.15) is 0 Å². The monoisotopic (exact) mass is 308 g/mol. The highest BCUT2D eigenvalue weighted by Crippen LogP contribution is 2.54. The highest BCUT2D eigenvalue weighted by molar-refractivity contribution is 5.42. The molecule has 122 valence electrons. The first-order valence-corrected chi connectivity index (χ1v) is 7.38. The van der Waals surface area contributed by atoms with Crippen molar-refractivity contribution in [3.63, 3.8) is 0 Å². The van der Waals surface area contributed by atoms with Crippen molar-refractivity contribution in [2.24, 2.45) is 5.41 Å². The van der Waals surface area contributed by atoms with Crippen molar-refractivity contribution in [3.05, 3.63) is 23.3 Å². The molecule has 21 heavy (non-hydrogen) atoms. The van der Waals surface area contributed by atoms with Gasteiger partial charge in [0.25, 0.3) is 0 Å². The van der Waals surface area contributed by atoms with Crippen molar-refractivity contribution >= 4 is 0 Å². The second-order valence-electron chi connectivity index (χ2n) is 5.66. The molecular weight excluding hydrogens is 284 g/mol. The maximum absolute atomic E-state index is 14.3. The largest absolute Gasteiger partial charge is 0.314 e. The number of halogens is 4. The van der Waals surface area contributed by atoms with Gasteiger partial charge >= 0.3 is 0 Å². The summed E-state index contributed by atoms with van der Waals surface area (Å²) in [5.41, 5.74) is -1.85. The SMILES string of the molecule is CCNC(C)CC1(CC(C)NCC)C(F)=C(F)C(F)=C1F. The summed E-state index contributed by atoms with van der Waals surface area (Å²) in [6, 6.07) is -0.530. The van der Waals surface area contributed by atoms with E-state index < -0.39 is 28.7 Å². The van der Waals surface area contributed by atoms with Crippen LogP contribution in [0.3, 0.4) is 0 Å². The average Bonchev–Trinajstić information content (AvgIpc) is 2.56. The summed E-state index contributed by atoms with van der Waals surface area (Å²) >= 11 is 0. The van der Waals surface area contributed by atoms with Crippen molar-refractivity contribution in [3.8, 4) is 0 Å². The minimum atomic E-state index is -1.85. The van der Waals surface area contributed by atoms with Gasteiger partial charge in [-0.25, -0.2) is 17.6 Å². The zero-order valence-corrected chi connectivity index (χ0v) is 13.0. The summed E-state index contributed by atoms with van der Waals surface area (Å²) in [6.45, 7) is 8.44. The first-order chi connectivity index (χ1) is 9.80. The van der Waals surface area contributed by atoms with Crippen LogP contribution in [0.2, 0.25) is 0 Å². The molecule has 0 aromatic heterocycles. The van der Waals surface area contributed by atoms with Gasteiger partial charge in [0.2, 0.25) is 0 Å². The van der Waals surface area contributed by atoms with E-state index in [9.17, 15) is 17.6 Å². The van der Waals surface area contributed by atoms with Crippen LogP contribution in [0.25, 0.3) is 0 Å².